The number of esters is 1. The van der Waals surface area contributed by atoms with Crippen LogP contribution in [0.15, 0.2) is 56.8 Å². The number of imide groups is 1. The number of rotatable bonds is 7. The molecular weight excluding hydrogens is 662 g/mol. The molecule has 2 aromatic carbocycles. The fourth-order valence-corrected chi connectivity index (χ4v) is 10.8. The molecule has 2 amide bonds. The van der Waals surface area contributed by atoms with Gasteiger partial charge in [-0.05, 0) is 61.4 Å². The van der Waals surface area contributed by atoms with Gasteiger partial charge in [-0.25, -0.2) is 4.79 Å². The molecular formula is C29H24BrN3O8S2. The largest absolute Gasteiger partial charge is 0.482 e. The Balaban J connectivity index is 1.28. The number of carbonyl (C=O) groups is 3. The second-order valence-electron chi connectivity index (χ2n) is 11.0. The second kappa shape index (κ2) is 10.6. The van der Waals surface area contributed by atoms with Crippen molar-refractivity contribution >= 4 is 68.2 Å². The average Bonchev–Trinajstić information content (AvgIpc) is 3.71. The summed E-state index contributed by atoms with van der Waals surface area (Å²) in [7, 11) is 0. The van der Waals surface area contributed by atoms with E-state index in [1.807, 2.05) is 12.1 Å². The molecule has 1 saturated heterocycles. The maximum absolute atomic E-state index is 14.0. The van der Waals surface area contributed by atoms with E-state index in [4.69, 9.17) is 9.47 Å². The summed E-state index contributed by atoms with van der Waals surface area (Å²) >= 11 is 6.27. The molecule has 1 N–H and O–H groups in total. The number of thiazole rings is 1. The van der Waals surface area contributed by atoms with Gasteiger partial charge in [-0.3, -0.25) is 29.4 Å². The normalized spacial score (nSPS) is 28.4. The lowest BCUT2D eigenvalue weighted by atomic mass is 9.68. The quantitative estimate of drug-likeness (QED) is 0.161. The number of nitrogens with zero attached hydrogens (tertiary/aromatic N) is 2. The van der Waals surface area contributed by atoms with E-state index in [9.17, 15) is 29.3 Å². The van der Waals surface area contributed by atoms with Crippen LogP contribution in [-0.4, -0.2) is 46.2 Å². The molecule has 3 aromatic rings. The first kappa shape index (κ1) is 28.3. The van der Waals surface area contributed by atoms with Crippen LogP contribution in [0.3, 0.4) is 0 Å². The van der Waals surface area contributed by atoms with Crippen molar-refractivity contribution in [3.8, 4) is 5.75 Å². The Morgan fingerprint density at radius 3 is 2.53 bits per heavy atom. The van der Waals surface area contributed by atoms with E-state index in [0.29, 0.717) is 17.9 Å². The highest BCUT2D eigenvalue weighted by molar-refractivity contribution is 9.10. The lowest BCUT2D eigenvalue weighted by molar-refractivity contribution is -0.384. The summed E-state index contributed by atoms with van der Waals surface area (Å²) in [4.78, 5) is 68.0. The number of nitro groups is 1. The molecule has 7 rings (SSSR count). The molecule has 4 aliphatic rings. The summed E-state index contributed by atoms with van der Waals surface area (Å²) in [5.41, 5.74) is 0.994. The van der Waals surface area contributed by atoms with Crippen LogP contribution < -0.4 is 14.5 Å². The van der Waals surface area contributed by atoms with E-state index in [2.05, 4.69) is 20.9 Å². The summed E-state index contributed by atoms with van der Waals surface area (Å²) in [6, 6.07) is 11.0. The van der Waals surface area contributed by atoms with E-state index in [1.54, 1.807) is 24.8 Å². The number of anilines is 1. The molecule has 0 radical (unpaired) electrons. The minimum absolute atomic E-state index is 0.0422. The third kappa shape index (κ3) is 4.44. The van der Waals surface area contributed by atoms with Gasteiger partial charge in [0, 0.05) is 38.2 Å². The van der Waals surface area contributed by atoms with Crippen LogP contribution in [0, 0.1) is 39.7 Å². The SMILES string of the molecule is CCOC(=O)COc1ccc(Br)cc1[C@H]1c2sc(=O)[nH]c2SC2C1[C@H]1C[C@@H]2C2C(=O)N(c3ccc([N+](=O)[O-])cc3)C(=O)C21. The van der Waals surface area contributed by atoms with Gasteiger partial charge < -0.3 is 14.5 Å². The van der Waals surface area contributed by atoms with Crippen LogP contribution in [0.5, 0.6) is 5.75 Å². The maximum Gasteiger partial charge on any atom is 0.344 e. The summed E-state index contributed by atoms with van der Waals surface area (Å²) in [5.74, 6) is -2.25. The van der Waals surface area contributed by atoms with Gasteiger partial charge in [0.2, 0.25) is 11.8 Å². The molecule has 2 aliphatic heterocycles. The van der Waals surface area contributed by atoms with Crippen molar-refractivity contribution in [3.05, 3.63) is 77.2 Å². The Hall–Kier alpha value is -3.49. The predicted octanol–water partition coefficient (Wildman–Crippen LogP) is 4.73. The zero-order valence-corrected chi connectivity index (χ0v) is 25.8. The molecule has 0 spiro atoms. The van der Waals surface area contributed by atoms with E-state index in [-0.39, 0.29) is 64.5 Å². The summed E-state index contributed by atoms with van der Waals surface area (Å²) in [6.07, 6.45) is 0.700. The number of H-pyrrole nitrogens is 1. The predicted molar refractivity (Wildman–Crippen MR) is 160 cm³/mol. The topological polar surface area (TPSA) is 149 Å². The number of carbonyl (C=O) groups excluding carboxylic acids is 3. The molecule has 3 heterocycles. The van der Waals surface area contributed by atoms with E-state index in [0.717, 1.165) is 31.3 Å². The van der Waals surface area contributed by atoms with E-state index in [1.165, 1.54) is 29.2 Å². The van der Waals surface area contributed by atoms with Gasteiger partial charge in [0.05, 0.1) is 34.1 Å². The van der Waals surface area contributed by atoms with Crippen molar-refractivity contribution in [1.82, 2.24) is 4.98 Å². The van der Waals surface area contributed by atoms with Crippen molar-refractivity contribution < 1.29 is 28.8 Å². The number of non-ortho nitro benzene ring substituents is 1. The van der Waals surface area contributed by atoms with Gasteiger partial charge in [-0.1, -0.05) is 27.3 Å². The molecule has 4 unspecified atom stereocenters. The van der Waals surface area contributed by atoms with Crippen molar-refractivity contribution in [1.29, 1.82) is 0 Å². The lowest BCUT2D eigenvalue weighted by Gasteiger charge is -2.43. The van der Waals surface area contributed by atoms with Crippen molar-refractivity contribution in [2.45, 2.75) is 29.5 Å². The van der Waals surface area contributed by atoms with Crippen LogP contribution in [0.4, 0.5) is 11.4 Å². The van der Waals surface area contributed by atoms with Crippen LogP contribution >= 0.6 is 39.0 Å². The lowest BCUT2D eigenvalue weighted by Crippen LogP contribution is -2.42. The average molecular weight is 687 g/mol. The first-order valence-electron chi connectivity index (χ1n) is 13.8. The number of benzene rings is 2. The first-order chi connectivity index (χ1) is 20.7. The fraction of sp³-hybridized carbons (Fsp3) is 0.379. The number of ether oxygens (including phenoxy) is 2. The monoisotopic (exact) mass is 685 g/mol. The zero-order chi connectivity index (χ0) is 30.2. The van der Waals surface area contributed by atoms with Crippen molar-refractivity contribution in [3.63, 3.8) is 0 Å². The molecule has 2 bridgehead atoms. The number of nitro benzene ring substituents is 1. The molecule has 14 heteroatoms. The number of hydrogen-bond acceptors (Lipinski definition) is 10. The molecule has 7 atom stereocenters. The highest BCUT2D eigenvalue weighted by atomic mass is 79.9. The van der Waals surface area contributed by atoms with Crippen molar-refractivity contribution in [2.24, 2.45) is 29.6 Å². The molecule has 43 heavy (non-hydrogen) atoms. The number of nitrogens with one attached hydrogen (secondary N) is 1. The number of amides is 2. The number of aromatic nitrogens is 1. The molecule has 11 nitrogen and oxygen atoms in total. The summed E-state index contributed by atoms with van der Waals surface area (Å²) in [6.45, 7) is 1.68. The number of aromatic amines is 1. The van der Waals surface area contributed by atoms with Gasteiger partial charge in [-0.15, -0.1) is 11.8 Å². The zero-order valence-electron chi connectivity index (χ0n) is 22.6. The van der Waals surface area contributed by atoms with E-state index >= 15 is 0 Å². The van der Waals surface area contributed by atoms with Crippen LogP contribution in [-0.2, 0) is 19.1 Å². The van der Waals surface area contributed by atoms with Gasteiger partial charge in [0.15, 0.2) is 6.61 Å². The Bertz CT molecular complexity index is 1740. The Kier molecular flexibility index (Phi) is 6.97. The first-order valence-corrected chi connectivity index (χ1v) is 16.3. The summed E-state index contributed by atoms with van der Waals surface area (Å²) < 4.78 is 11.8. The number of halogens is 1. The van der Waals surface area contributed by atoms with Crippen LogP contribution in [0.25, 0.3) is 0 Å². The molecule has 222 valence electrons. The standard InChI is InChI=1S/C29H24BrN3O8S2/c1-2-40-19(34)11-41-18-8-3-12(30)9-15(18)20-21-16-10-17(24(21)42-26-25(20)43-29(37)31-26)23-22(16)27(35)32(28(23)36)13-4-6-14(7-5-13)33(38)39/h3-9,16-17,20-24H,2,10-11H2,1H3,(H,31,37)/t16-,17-,20-,21?,22?,23?,24?/m1/s1. The number of thioether (sulfide) groups is 1. The third-order valence-electron chi connectivity index (χ3n) is 9.00. The fourth-order valence-electron chi connectivity index (χ4n) is 7.58. The number of fused-ring (bicyclic) bond motifs is 9. The third-order valence-corrected chi connectivity index (χ3v) is 12.1. The second-order valence-corrected chi connectivity index (χ2v) is 14.1. The van der Waals surface area contributed by atoms with Gasteiger partial charge in [0.1, 0.15) is 5.75 Å². The molecule has 2 saturated carbocycles. The maximum atomic E-state index is 14.0. The molecule has 1 aromatic heterocycles. The minimum atomic E-state index is -0.537. The molecule has 3 fully saturated rings. The minimum Gasteiger partial charge on any atom is -0.482 e. The smallest absolute Gasteiger partial charge is 0.344 e. The van der Waals surface area contributed by atoms with E-state index < -0.39 is 22.7 Å². The Morgan fingerprint density at radius 2 is 1.84 bits per heavy atom. The molecule has 2 aliphatic carbocycles. The van der Waals surface area contributed by atoms with Crippen LogP contribution in [0.1, 0.15) is 29.7 Å². The van der Waals surface area contributed by atoms with Gasteiger partial charge in [-0.2, -0.15) is 0 Å². The highest BCUT2D eigenvalue weighted by Crippen LogP contribution is 2.69. The Labute approximate surface area is 261 Å². The summed E-state index contributed by atoms with van der Waals surface area (Å²) in [5, 5.41) is 11.9. The van der Waals surface area contributed by atoms with Gasteiger partial charge >= 0.3 is 10.8 Å². The van der Waals surface area contributed by atoms with Crippen molar-refractivity contribution in [2.75, 3.05) is 18.1 Å². The highest BCUT2D eigenvalue weighted by Gasteiger charge is 2.69. The Morgan fingerprint density at radius 1 is 1.12 bits per heavy atom. The van der Waals surface area contributed by atoms with Crippen LogP contribution in [0.2, 0.25) is 0 Å². The number of hydrogen-bond donors (Lipinski definition) is 1. The van der Waals surface area contributed by atoms with Gasteiger partial charge in [0.25, 0.3) is 5.69 Å².